The van der Waals surface area contributed by atoms with Crippen molar-refractivity contribution in [1.82, 2.24) is 0 Å². The lowest BCUT2D eigenvalue weighted by Gasteiger charge is -2.01. The molecule has 0 saturated heterocycles. The summed E-state index contributed by atoms with van der Waals surface area (Å²) < 4.78 is 0. The van der Waals surface area contributed by atoms with E-state index in [-0.39, 0.29) is 0 Å². The van der Waals surface area contributed by atoms with Crippen LogP contribution in [-0.4, -0.2) is 0 Å². The second kappa shape index (κ2) is 16.2. The molecule has 0 fully saturated rings. The largest absolute Gasteiger partial charge is 0.198 e. The standard InChI is InChI=1S/C17H31N/c1-2-3-4-5-6-7-8-9-10-11-12-13-14-15-16-17-18/h14-15H,2-13,16H2,1H3/b15-14+. The SMILES string of the molecule is CCCCCCCCCCCCC/C=C/CC#N. The van der Waals surface area contributed by atoms with Crippen molar-refractivity contribution >= 4 is 0 Å². The summed E-state index contributed by atoms with van der Waals surface area (Å²) in [5.41, 5.74) is 0. The van der Waals surface area contributed by atoms with E-state index in [0.29, 0.717) is 6.42 Å². The second-order valence-electron chi connectivity index (χ2n) is 5.16. The van der Waals surface area contributed by atoms with E-state index in [4.69, 9.17) is 5.26 Å². The van der Waals surface area contributed by atoms with Crippen molar-refractivity contribution in [1.29, 1.82) is 5.26 Å². The Balaban J connectivity index is 2.97. The van der Waals surface area contributed by atoms with Crippen molar-refractivity contribution in [3.63, 3.8) is 0 Å². The molecule has 0 N–H and O–H groups in total. The third-order valence-corrected chi connectivity index (χ3v) is 3.35. The van der Waals surface area contributed by atoms with Gasteiger partial charge in [0.25, 0.3) is 0 Å². The van der Waals surface area contributed by atoms with Crippen LogP contribution in [0.15, 0.2) is 12.2 Å². The molecule has 0 aliphatic carbocycles. The summed E-state index contributed by atoms with van der Waals surface area (Å²) in [4.78, 5) is 0. The first-order chi connectivity index (χ1) is 8.91. The zero-order chi connectivity index (χ0) is 13.3. The molecule has 0 aliphatic rings. The molecule has 0 radical (unpaired) electrons. The van der Waals surface area contributed by atoms with Crippen molar-refractivity contribution in [2.75, 3.05) is 0 Å². The highest BCUT2D eigenvalue weighted by molar-refractivity contribution is 4.90. The molecular formula is C17H31N. The molecule has 0 spiro atoms. The van der Waals surface area contributed by atoms with E-state index >= 15 is 0 Å². The van der Waals surface area contributed by atoms with Crippen LogP contribution in [0.5, 0.6) is 0 Å². The Morgan fingerprint density at radius 3 is 1.72 bits per heavy atom. The summed E-state index contributed by atoms with van der Waals surface area (Å²) in [7, 11) is 0. The minimum atomic E-state index is 0.567. The molecule has 0 aromatic heterocycles. The van der Waals surface area contributed by atoms with Gasteiger partial charge in [0.05, 0.1) is 12.5 Å². The lowest BCUT2D eigenvalue weighted by atomic mass is 10.1. The molecule has 0 rings (SSSR count). The lowest BCUT2D eigenvalue weighted by Crippen LogP contribution is -1.81. The predicted molar refractivity (Wildman–Crippen MR) is 80.4 cm³/mol. The number of allylic oxidation sites excluding steroid dienone is 2. The van der Waals surface area contributed by atoms with Gasteiger partial charge in [-0.3, -0.25) is 0 Å². The van der Waals surface area contributed by atoms with Gasteiger partial charge in [0.1, 0.15) is 0 Å². The Morgan fingerprint density at radius 2 is 1.22 bits per heavy atom. The second-order valence-corrected chi connectivity index (χ2v) is 5.16. The van der Waals surface area contributed by atoms with Gasteiger partial charge in [-0.1, -0.05) is 83.3 Å². The highest BCUT2D eigenvalue weighted by atomic mass is 14.2. The van der Waals surface area contributed by atoms with Gasteiger partial charge in [-0.15, -0.1) is 0 Å². The predicted octanol–water partition coefficient (Wildman–Crippen LogP) is 6.16. The molecule has 0 amide bonds. The van der Waals surface area contributed by atoms with Gasteiger partial charge in [-0.2, -0.15) is 5.26 Å². The number of unbranched alkanes of at least 4 members (excludes halogenated alkanes) is 11. The molecule has 0 heterocycles. The molecular weight excluding hydrogens is 218 g/mol. The summed E-state index contributed by atoms with van der Waals surface area (Å²) in [5.74, 6) is 0. The topological polar surface area (TPSA) is 23.8 Å². The molecule has 104 valence electrons. The van der Waals surface area contributed by atoms with Crippen LogP contribution in [0.1, 0.15) is 90.4 Å². The molecule has 0 unspecified atom stereocenters. The van der Waals surface area contributed by atoms with Crippen molar-refractivity contribution in [2.45, 2.75) is 90.4 Å². The fourth-order valence-electron chi connectivity index (χ4n) is 2.18. The molecule has 0 aromatic rings. The Hall–Kier alpha value is -0.770. The average Bonchev–Trinajstić information content (AvgIpc) is 2.39. The van der Waals surface area contributed by atoms with Crippen LogP contribution in [0.3, 0.4) is 0 Å². The van der Waals surface area contributed by atoms with Crippen LogP contribution in [0.2, 0.25) is 0 Å². The van der Waals surface area contributed by atoms with Crippen LogP contribution in [0, 0.1) is 11.3 Å². The van der Waals surface area contributed by atoms with E-state index < -0.39 is 0 Å². The van der Waals surface area contributed by atoms with Crippen molar-refractivity contribution in [3.05, 3.63) is 12.2 Å². The van der Waals surface area contributed by atoms with Gasteiger partial charge in [0.15, 0.2) is 0 Å². The van der Waals surface area contributed by atoms with Crippen LogP contribution >= 0.6 is 0 Å². The molecule has 1 nitrogen and oxygen atoms in total. The van der Waals surface area contributed by atoms with E-state index in [2.05, 4.69) is 19.1 Å². The molecule has 0 bridgehead atoms. The van der Waals surface area contributed by atoms with Gasteiger partial charge >= 0.3 is 0 Å². The molecule has 18 heavy (non-hydrogen) atoms. The molecule has 0 aromatic carbocycles. The lowest BCUT2D eigenvalue weighted by molar-refractivity contribution is 0.550. The summed E-state index contributed by atoms with van der Waals surface area (Å²) in [5, 5.41) is 8.36. The van der Waals surface area contributed by atoms with Gasteiger partial charge < -0.3 is 0 Å². The first-order valence-corrected chi connectivity index (χ1v) is 7.93. The molecule has 0 aliphatic heterocycles. The Kier molecular flexibility index (Phi) is 15.5. The highest BCUT2D eigenvalue weighted by Crippen LogP contribution is 2.11. The van der Waals surface area contributed by atoms with Gasteiger partial charge in [0.2, 0.25) is 0 Å². The number of hydrogen-bond donors (Lipinski definition) is 0. The third-order valence-electron chi connectivity index (χ3n) is 3.35. The first-order valence-electron chi connectivity index (χ1n) is 7.93. The van der Waals surface area contributed by atoms with E-state index in [0.717, 1.165) is 6.42 Å². The maximum Gasteiger partial charge on any atom is 0.0663 e. The fraction of sp³-hybridized carbons (Fsp3) is 0.824. The molecule has 0 atom stereocenters. The zero-order valence-corrected chi connectivity index (χ0v) is 12.3. The number of hydrogen-bond acceptors (Lipinski definition) is 1. The summed E-state index contributed by atoms with van der Waals surface area (Å²) in [6.45, 7) is 2.27. The normalized spacial score (nSPS) is 10.9. The van der Waals surface area contributed by atoms with Crippen molar-refractivity contribution < 1.29 is 0 Å². The average molecular weight is 249 g/mol. The van der Waals surface area contributed by atoms with Gasteiger partial charge in [-0.05, 0) is 12.8 Å². The maximum atomic E-state index is 8.36. The van der Waals surface area contributed by atoms with Crippen molar-refractivity contribution in [3.8, 4) is 6.07 Å². The minimum absolute atomic E-state index is 0.567. The van der Waals surface area contributed by atoms with Crippen LogP contribution in [0.4, 0.5) is 0 Å². The Bertz CT molecular complexity index is 212. The van der Waals surface area contributed by atoms with Gasteiger partial charge in [-0.25, -0.2) is 0 Å². The fourth-order valence-corrected chi connectivity index (χ4v) is 2.18. The summed E-state index contributed by atoms with van der Waals surface area (Å²) in [6.07, 6.45) is 21.2. The van der Waals surface area contributed by atoms with Gasteiger partial charge in [0, 0.05) is 0 Å². The van der Waals surface area contributed by atoms with Crippen molar-refractivity contribution in [2.24, 2.45) is 0 Å². The maximum absolute atomic E-state index is 8.36. The minimum Gasteiger partial charge on any atom is -0.198 e. The molecule has 0 saturated carbocycles. The van der Waals surface area contributed by atoms with E-state index in [1.54, 1.807) is 0 Å². The van der Waals surface area contributed by atoms with E-state index in [1.807, 2.05) is 6.08 Å². The van der Waals surface area contributed by atoms with E-state index in [1.165, 1.54) is 70.6 Å². The zero-order valence-electron chi connectivity index (χ0n) is 12.3. The number of nitriles is 1. The molecule has 1 heteroatoms. The smallest absolute Gasteiger partial charge is 0.0663 e. The van der Waals surface area contributed by atoms with E-state index in [9.17, 15) is 0 Å². The third kappa shape index (κ3) is 15.2. The summed E-state index contributed by atoms with van der Waals surface area (Å²) >= 11 is 0. The Morgan fingerprint density at radius 1 is 0.722 bits per heavy atom. The highest BCUT2D eigenvalue weighted by Gasteiger charge is 1.92. The first kappa shape index (κ1) is 17.2. The van der Waals surface area contributed by atoms with Crippen LogP contribution in [0.25, 0.3) is 0 Å². The summed E-state index contributed by atoms with van der Waals surface area (Å²) in [6, 6.07) is 2.12. The number of rotatable bonds is 13. The van der Waals surface area contributed by atoms with Crippen LogP contribution in [-0.2, 0) is 0 Å². The Labute approximate surface area is 114 Å². The number of nitrogens with zero attached hydrogens (tertiary/aromatic N) is 1. The quantitative estimate of drug-likeness (QED) is 0.283. The van der Waals surface area contributed by atoms with Crippen LogP contribution < -0.4 is 0 Å². The monoisotopic (exact) mass is 249 g/mol.